The quantitative estimate of drug-likeness (QED) is 0.331. The van der Waals surface area contributed by atoms with Crippen LogP contribution in [0.5, 0.6) is 0 Å². The topological polar surface area (TPSA) is 80.5 Å². The molecule has 1 heterocycles. The van der Waals surface area contributed by atoms with E-state index in [1.54, 1.807) is 16.4 Å². The molecule has 2 atom stereocenters. The highest BCUT2D eigenvalue weighted by molar-refractivity contribution is 7.89. The lowest BCUT2D eigenvalue weighted by atomic mass is 9.81. The number of nitro groups is 1. The van der Waals surface area contributed by atoms with Crippen molar-refractivity contribution in [2.75, 3.05) is 6.54 Å². The molecule has 0 radical (unpaired) electrons. The van der Waals surface area contributed by atoms with Gasteiger partial charge in [0.25, 0.3) is 5.69 Å². The van der Waals surface area contributed by atoms with Crippen LogP contribution in [0.3, 0.4) is 0 Å². The SMILES string of the molecule is C=C1CN(S(=O)(=O)c2c(C)cc(C)cc2C)[C@@H](C(C)C)[C@H]1C(=C)c1ccc([N+](=O)[O-])cc1. The van der Waals surface area contributed by atoms with Crippen LogP contribution in [0.2, 0.25) is 0 Å². The lowest BCUT2D eigenvalue weighted by Gasteiger charge is -2.32. The fraction of sp³-hybridized carbons (Fsp3) is 0.360. The molecule has 1 aliphatic heterocycles. The molecule has 170 valence electrons. The lowest BCUT2D eigenvalue weighted by molar-refractivity contribution is -0.384. The average molecular weight is 455 g/mol. The van der Waals surface area contributed by atoms with E-state index in [2.05, 4.69) is 13.2 Å². The number of hydrogen-bond donors (Lipinski definition) is 0. The van der Waals surface area contributed by atoms with Gasteiger partial charge < -0.3 is 0 Å². The smallest absolute Gasteiger partial charge is 0.258 e. The zero-order valence-corrected chi connectivity index (χ0v) is 20.1. The van der Waals surface area contributed by atoms with Gasteiger partial charge in [-0.2, -0.15) is 4.31 Å². The van der Waals surface area contributed by atoms with E-state index in [0.29, 0.717) is 4.90 Å². The fourth-order valence-electron chi connectivity index (χ4n) is 4.89. The predicted octanol–water partition coefficient (Wildman–Crippen LogP) is 5.43. The Kier molecular flexibility index (Phi) is 6.45. The van der Waals surface area contributed by atoms with Crippen molar-refractivity contribution in [2.45, 2.75) is 45.6 Å². The highest BCUT2D eigenvalue weighted by Gasteiger charge is 2.46. The molecule has 0 N–H and O–H groups in total. The molecule has 0 bridgehead atoms. The molecule has 1 saturated heterocycles. The van der Waals surface area contributed by atoms with Crippen molar-refractivity contribution in [1.82, 2.24) is 4.31 Å². The van der Waals surface area contributed by atoms with Crippen LogP contribution in [0.25, 0.3) is 5.57 Å². The summed E-state index contributed by atoms with van der Waals surface area (Å²) in [6.45, 7) is 18.3. The largest absolute Gasteiger partial charge is 0.269 e. The Labute approximate surface area is 190 Å². The van der Waals surface area contributed by atoms with E-state index < -0.39 is 14.9 Å². The Balaban J connectivity index is 2.05. The monoisotopic (exact) mass is 454 g/mol. The van der Waals surface area contributed by atoms with Gasteiger partial charge in [-0.25, -0.2) is 8.42 Å². The van der Waals surface area contributed by atoms with Crippen molar-refractivity contribution in [3.05, 3.63) is 87.5 Å². The van der Waals surface area contributed by atoms with Crippen molar-refractivity contribution < 1.29 is 13.3 Å². The summed E-state index contributed by atoms with van der Waals surface area (Å²) in [6.07, 6.45) is 0. The Hall–Kier alpha value is -2.77. The Morgan fingerprint density at radius 2 is 1.66 bits per heavy atom. The number of nitrogens with zero attached hydrogens (tertiary/aromatic N) is 2. The molecule has 7 heteroatoms. The molecule has 32 heavy (non-hydrogen) atoms. The molecule has 0 unspecified atom stereocenters. The number of hydrogen-bond acceptors (Lipinski definition) is 4. The first-order valence-corrected chi connectivity index (χ1v) is 12.0. The first kappa shape index (κ1) is 23.9. The molecule has 3 rings (SSSR count). The van der Waals surface area contributed by atoms with Crippen LogP contribution >= 0.6 is 0 Å². The van der Waals surface area contributed by atoms with Crippen LogP contribution in [0.4, 0.5) is 5.69 Å². The predicted molar refractivity (Wildman–Crippen MR) is 128 cm³/mol. The standard InChI is InChI=1S/C25H30N2O4S/c1-15(2)24-23(20(7)21-8-10-22(11-9-21)27(28)29)19(6)14-26(24)32(30,31)25-17(4)12-16(3)13-18(25)5/h8-13,15,23-24H,6-7,14H2,1-5H3/t23-,24+/m1/s1. The van der Waals surface area contributed by atoms with Crippen LogP contribution in [0.15, 0.2) is 60.0 Å². The van der Waals surface area contributed by atoms with Gasteiger partial charge in [0.05, 0.1) is 9.82 Å². The lowest BCUT2D eigenvalue weighted by Crippen LogP contribution is -2.41. The molecule has 2 aromatic carbocycles. The number of nitro benzene ring substituents is 1. The summed E-state index contributed by atoms with van der Waals surface area (Å²) in [5, 5.41) is 11.0. The molecule has 1 fully saturated rings. The van der Waals surface area contributed by atoms with Crippen LogP contribution in [-0.2, 0) is 10.0 Å². The average Bonchev–Trinajstić information content (AvgIpc) is 3.04. The molecular weight excluding hydrogens is 424 g/mol. The summed E-state index contributed by atoms with van der Waals surface area (Å²) >= 11 is 0. The third kappa shape index (κ3) is 4.14. The summed E-state index contributed by atoms with van der Waals surface area (Å²) < 4.78 is 29.3. The molecule has 0 aliphatic carbocycles. The van der Waals surface area contributed by atoms with Crippen molar-refractivity contribution in [3.8, 4) is 0 Å². The maximum Gasteiger partial charge on any atom is 0.269 e. The van der Waals surface area contributed by atoms with Gasteiger partial charge in [-0.3, -0.25) is 10.1 Å². The summed E-state index contributed by atoms with van der Waals surface area (Å²) in [5.74, 6) is -0.271. The molecule has 0 saturated carbocycles. The summed E-state index contributed by atoms with van der Waals surface area (Å²) in [6, 6.07) is 9.64. The van der Waals surface area contributed by atoms with Crippen molar-refractivity contribution in [3.63, 3.8) is 0 Å². The van der Waals surface area contributed by atoms with Gasteiger partial charge in [-0.15, -0.1) is 0 Å². The third-order valence-corrected chi connectivity index (χ3v) is 8.30. The molecule has 6 nitrogen and oxygen atoms in total. The second-order valence-corrected chi connectivity index (χ2v) is 10.8. The van der Waals surface area contributed by atoms with E-state index in [9.17, 15) is 18.5 Å². The first-order valence-electron chi connectivity index (χ1n) is 10.6. The molecule has 0 spiro atoms. The van der Waals surface area contributed by atoms with E-state index in [1.807, 2.05) is 46.8 Å². The first-order chi connectivity index (χ1) is 14.9. The van der Waals surface area contributed by atoms with E-state index in [1.165, 1.54) is 12.1 Å². The maximum absolute atomic E-state index is 13.9. The van der Waals surface area contributed by atoms with Gasteiger partial charge in [-0.05, 0) is 61.1 Å². The van der Waals surface area contributed by atoms with Gasteiger partial charge in [0.15, 0.2) is 0 Å². The zero-order chi connectivity index (χ0) is 24.0. The third-order valence-electron chi connectivity index (χ3n) is 6.15. The molecule has 0 amide bonds. The summed E-state index contributed by atoms with van der Waals surface area (Å²) in [4.78, 5) is 10.9. The minimum atomic E-state index is -3.77. The van der Waals surface area contributed by atoms with Gasteiger partial charge in [0.2, 0.25) is 10.0 Å². The summed E-state index contributed by atoms with van der Waals surface area (Å²) in [7, 11) is -3.77. The number of non-ortho nitro benzene ring substituents is 1. The minimum absolute atomic E-state index is 0.00161. The Bertz CT molecular complexity index is 1170. The Morgan fingerprint density at radius 1 is 1.12 bits per heavy atom. The van der Waals surface area contributed by atoms with Crippen LogP contribution in [-0.4, -0.2) is 30.2 Å². The second kappa shape index (κ2) is 8.64. The Morgan fingerprint density at radius 3 is 2.12 bits per heavy atom. The van der Waals surface area contributed by atoms with Crippen molar-refractivity contribution >= 4 is 21.3 Å². The van der Waals surface area contributed by atoms with Crippen molar-refractivity contribution in [2.24, 2.45) is 11.8 Å². The van der Waals surface area contributed by atoms with E-state index in [-0.39, 0.29) is 30.1 Å². The highest BCUT2D eigenvalue weighted by Crippen LogP contribution is 2.44. The number of sulfonamides is 1. The fourth-order valence-corrected chi connectivity index (χ4v) is 7.08. The number of rotatable bonds is 6. The second-order valence-electron chi connectivity index (χ2n) is 8.98. The van der Waals surface area contributed by atoms with Gasteiger partial charge in [0.1, 0.15) is 0 Å². The van der Waals surface area contributed by atoms with E-state index in [4.69, 9.17) is 0 Å². The molecule has 0 aromatic heterocycles. The molecule has 2 aromatic rings. The minimum Gasteiger partial charge on any atom is -0.258 e. The zero-order valence-electron chi connectivity index (χ0n) is 19.3. The van der Waals surface area contributed by atoms with E-state index in [0.717, 1.165) is 33.4 Å². The normalized spacial score (nSPS) is 19.5. The van der Waals surface area contributed by atoms with Crippen LogP contribution in [0, 0.1) is 42.7 Å². The van der Waals surface area contributed by atoms with Crippen LogP contribution < -0.4 is 0 Å². The maximum atomic E-state index is 13.9. The van der Waals surface area contributed by atoms with E-state index >= 15 is 0 Å². The number of aryl methyl sites for hydroxylation is 3. The number of benzene rings is 2. The highest BCUT2D eigenvalue weighted by atomic mass is 32.2. The van der Waals surface area contributed by atoms with Gasteiger partial charge in [0, 0.05) is 30.6 Å². The van der Waals surface area contributed by atoms with Gasteiger partial charge >= 0.3 is 0 Å². The van der Waals surface area contributed by atoms with Crippen molar-refractivity contribution in [1.29, 1.82) is 0 Å². The summed E-state index contributed by atoms with van der Waals surface area (Å²) in [5.41, 5.74) is 4.73. The molecule has 1 aliphatic rings. The van der Waals surface area contributed by atoms with Crippen LogP contribution in [0.1, 0.15) is 36.1 Å². The van der Waals surface area contributed by atoms with Gasteiger partial charge in [-0.1, -0.05) is 50.3 Å². The molecular formula is C25H30N2O4S.